The van der Waals surface area contributed by atoms with E-state index in [1.807, 2.05) is 20.9 Å². The number of benzene rings is 1. The summed E-state index contributed by atoms with van der Waals surface area (Å²) in [5.74, 6) is 2.43. The van der Waals surface area contributed by atoms with Gasteiger partial charge in [-0.1, -0.05) is 23.9 Å². The minimum atomic E-state index is -4.27. The molecule has 0 amide bonds. The predicted molar refractivity (Wildman–Crippen MR) is 141 cm³/mol. The van der Waals surface area contributed by atoms with Gasteiger partial charge in [0, 0.05) is 12.8 Å². The molecule has 196 valence electrons. The average molecular weight is 558 g/mol. The van der Waals surface area contributed by atoms with E-state index in [2.05, 4.69) is 24.6 Å². The van der Waals surface area contributed by atoms with Gasteiger partial charge in [-0.3, -0.25) is 0 Å². The maximum Gasteiger partial charge on any atom is 0.416 e. The summed E-state index contributed by atoms with van der Waals surface area (Å²) >= 11 is 3.38. The summed E-state index contributed by atoms with van der Waals surface area (Å²) < 4.78 is 40.9. The molecular formula is C25H31ClF3N5S2. The summed E-state index contributed by atoms with van der Waals surface area (Å²) in [7, 11) is 2.01. The highest BCUT2D eigenvalue weighted by Gasteiger charge is 2.55. The molecule has 2 atom stereocenters. The van der Waals surface area contributed by atoms with Crippen molar-refractivity contribution in [2.24, 2.45) is 13.0 Å². The minimum Gasteiger partial charge on any atom is -0.304 e. The molecule has 5 rings (SSSR count). The highest BCUT2D eigenvalue weighted by molar-refractivity contribution is 7.99. The van der Waals surface area contributed by atoms with Crippen molar-refractivity contribution in [1.82, 2.24) is 24.6 Å². The topological polar surface area (TPSA) is 46.8 Å². The number of likely N-dealkylation sites (tertiary alicyclic amines) is 1. The number of hydrogen-bond acceptors (Lipinski definition) is 6. The Balaban J connectivity index is 0.00000304. The molecule has 1 saturated heterocycles. The molecule has 2 fully saturated rings. The molecule has 36 heavy (non-hydrogen) atoms. The SMILES string of the molecule is Cc1nc(C)c(-c2nnc(SCCCN3CC[C@H]4C[C@@]4(c4ccc(C(F)(F)F)cc4)CC3)n2C)s1.Cl. The number of halogens is 4. The molecule has 0 bridgehead atoms. The lowest BCUT2D eigenvalue weighted by molar-refractivity contribution is -0.137. The molecule has 0 radical (unpaired) electrons. The van der Waals surface area contributed by atoms with E-state index in [1.165, 1.54) is 12.1 Å². The first-order valence-electron chi connectivity index (χ1n) is 12.0. The van der Waals surface area contributed by atoms with Gasteiger partial charge in [0.05, 0.1) is 21.1 Å². The van der Waals surface area contributed by atoms with Crippen LogP contribution in [-0.4, -0.2) is 50.0 Å². The first-order chi connectivity index (χ1) is 16.7. The smallest absolute Gasteiger partial charge is 0.304 e. The zero-order valence-electron chi connectivity index (χ0n) is 20.6. The number of rotatable bonds is 7. The van der Waals surface area contributed by atoms with Crippen LogP contribution in [0.4, 0.5) is 13.2 Å². The standard InChI is InChI=1S/C25H30F3N5S2.ClH/c1-16-21(35-17(2)29-16)22-30-31-23(32(22)3)34-14-4-11-33-12-9-20-15-24(20,10-13-33)18-5-7-19(8-6-18)25(26,27)28;/h5-8,20H,4,9-15H2,1-3H3;1H/t20-,24+;/m0./s1. The second-order valence-corrected chi connectivity index (χ2v) is 12.0. The number of fused-ring (bicyclic) bond motifs is 1. The number of alkyl halides is 3. The quantitative estimate of drug-likeness (QED) is 0.244. The first kappa shape index (κ1) is 27.4. The number of aryl methyl sites for hydroxylation is 2. The highest BCUT2D eigenvalue weighted by Crippen LogP contribution is 2.59. The van der Waals surface area contributed by atoms with Crippen molar-refractivity contribution in [3.63, 3.8) is 0 Å². The Bertz CT molecular complexity index is 1190. The van der Waals surface area contributed by atoms with Crippen LogP contribution >= 0.6 is 35.5 Å². The molecule has 5 nitrogen and oxygen atoms in total. The van der Waals surface area contributed by atoms with Crippen LogP contribution in [-0.2, 0) is 18.6 Å². The highest BCUT2D eigenvalue weighted by atomic mass is 35.5. The van der Waals surface area contributed by atoms with Crippen LogP contribution < -0.4 is 0 Å². The predicted octanol–water partition coefficient (Wildman–Crippen LogP) is 6.53. The molecule has 0 spiro atoms. The number of hydrogen-bond donors (Lipinski definition) is 0. The molecule has 2 aromatic heterocycles. The van der Waals surface area contributed by atoms with Gasteiger partial charge < -0.3 is 9.47 Å². The lowest BCUT2D eigenvalue weighted by Gasteiger charge is -2.22. The van der Waals surface area contributed by atoms with E-state index in [1.54, 1.807) is 35.2 Å². The van der Waals surface area contributed by atoms with E-state index in [0.717, 1.165) is 83.2 Å². The second-order valence-electron chi connectivity index (χ2n) is 9.73. The summed E-state index contributed by atoms with van der Waals surface area (Å²) in [5, 5.41) is 10.7. The Labute approximate surface area is 224 Å². The van der Waals surface area contributed by atoms with Crippen molar-refractivity contribution < 1.29 is 13.2 Å². The van der Waals surface area contributed by atoms with Crippen molar-refractivity contribution in [1.29, 1.82) is 0 Å². The maximum absolute atomic E-state index is 12.9. The van der Waals surface area contributed by atoms with E-state index >= 15 is 0 Å². The Hall–Kier alpha value is -1.62. The normalized spacial score (nSPS) is 22.1. The number of nitrogens with zero attached hydrogens (tertiary/aromatic N) is 5. The third kappa shape index (κ3) is 5.47. The van der Waals surface area contributed by atoms with Crippen LogP contribution in [0, 0.1) is 19.8 Å². The Morgan fingerprint density at radius 2 is 1.89 bits per heavy atom. The van der Waals surface area contributed by atoms with Gasteiger partial charge in [-0.25, -0.2) is 4.98 Å². The molecule has 0 unspecified atom stereocenters. The number of thioether (sulfide) groups is 1. The maximum atomic E-state index is 12.9. The summed E-state index contributed by atoms with van der Waals surface area (Å²) in [4.78, 5) is 8.09. The van der Waals surface area contributed by atoms with Crippen molar-refractivity contribution in [3.05, 3.63) is 46.1 Å². The lowest BCUT2D eigenvalue weighted by atomic mass is 9.89. The van der Waals surface area contributed by atoms with Gasteiger partial charge in [0.1, 0.15) is 0 Å². The molecular weight excluding hydrogens is 527 g/mol. The van der Waals surface area contributed by atoms with E-state index in [-0.39, 0.29) is 17.8 Å². The summed E-state index contributed by atoms with van der Waals surface area (Å²) in [6.07, 6.45) is 0.0345. The Morgan fingerprint density at radius 1 is 1.14 bits per heavy atom. The summed E-state index contributed by atoms with van der Waals surface area (Å²) in [6, 6.07) is 5.90. The molecule has 1 aliphatic carbocycles. The monoisotopic (exact) mass is 557 g/mol. The lowest BCUT2D eigenvalue weighted by Crippen LogP contribution is -2.27. The zero-order chi connectivity index (χ0) is 24.8. The van der Waals surface area contributed by atoms with E-state index in [9.17, 15) is 13.2 Å². The van der Waals surface area contributed by atoms with Crippen LogP contribution in [0.3, 0.4) is 0 Å². The molecule has 0 N–H and O–H groups in total. The van der Waals surface area contributed by atoms with Gasteiger partial charge in [-0.15, -0.1) is 33.9 Å². The van der Waals surface area contributed by atoms with Crippen LogP contribution in [0.25, 0.3) is 10.7 Å². The third-order valence-electron chi connectivity index (χ3n) is 7.48. The van der Waals surface area contributed by atoms with E-state index in [4.69, 9.17) is 0 Å². The van der Waals surface area contributed by atoms with Crippen LogP contribution in [0.2, 0.25) is 0 Å². The number of aromatic nitrogens is 4. The third-order valence-corrected chi connectivity index (χ3v) is 9.65. The van der Waals surface area contributed by atoms with Gasteiger partial charge in [0.2, 0.25) is 0 Å². The molecule has 3 aromatic rings. The summed E-state index contributed by atoms with van der Waals surface area (Å²) in [6.45, 7) is 7.11. The molecule has 3 heterocycles. The minimum absolute atomic E-state index is 0. The van der Waals surface area contributed by atoms with Gasteiger partial charge in [0.15, 0.2) is 11.0 Å². The van der Waals surface area contributed by atoms with Gasteiger partial charge in [-0.05, 0) is 88.2 Å². The van der Waals surface area contributed by atoms with E-state index < -0.39 is 11.7 Å². The molecule has 1 saturated carbocycles. The molecule has 1 aliphatic heterocycles. The Morgan fingerprint density at radius 3 is 2.56 bits per heavy atom. The average Bonchev–Trinajstić information content (AvgIpc) is 3.33. The first-order valence-corrected chi connectivity index (χ1v) is 13.8. The van der Waals surface area contributed by atoms with Crippen LogP contribution in [0.5, 0.6) is 0 Å². The second kappa shape index (κ2) is 10.6. The van der Waals surface area contributed by atoms with Crippen molar-refractivity contribution in [2.75, 3.05) is 25.4 Å². The van der Waals surface area contributed by atoms with Gasteiger partial charge in [0.25, 0.3) is 0 Å². The molecule has 1 aromatic carbocycles. The largest absolute Gasteiger partial charge is 0.416 e. The van der Waals surface area contributed by atoms with Crippen molar-refractivity contribution in [2.45, 2.75) is 56.3 Å². The molecule has 2 aliphatic rings. The Kier molecular flexibility index (Phi) is 8.09. The molecule has 11 heteroatoms. The summed E-state index contributed by atoms with van der Waals surface area (Å²) in [5.41, 5.74) is 1.59. The van der Waals surface area contributed by atoms with Crippen molar-refractivity contribution >= 4 is 35.5 Å². The fraction of sp³-hybridized carbons (Fsp3) is 0.560. The van der Waals surface area contributed by atoms with Crippen LogP contribution in [0.15, 0.2) is 29.4 Å². The fourth-order valence-corrected chi connectivity index (χ4v) is 7.19. The van der Waals surface area contributed by atoms with E-state index in [0.29, 0.717) is 5.92 Å². The number of thiazole rings is 1. The van der Waals surface area contributed by atoms with Crippen molar-refractivity contribution in [3.8, 4) is 10.7 Å². The zero-order valence-corrected chi connectivity index (χ0v) is 23.1. The fourth-order valence-electron chi connectivity index (χ4n) is 5.41. The van der Waals surface area contributed by atoms with Crippen LogP contribution in [0.1, 0.15) is 47.5 Å². The van der Waals surface area contributed by atoms with Gasteiger partial charge >= 0.3 is 6.18 Å². The van der Waals surface area contributed by atoms with Gasteiger partial charge in [-0.2, -0.15) is 13.2 Å².